The summed E-state index contributed by atoms with van der Waals surface area (Å²) in [6.45, 7) is 3.78. The third kappa shape index (κ3) is 3.14. The maximum absolute atomic E-state index is 12.0. The molecule has 1 aliphatic rings. The van der Waals surface area contributed by atoms with E-state index in [1.165, 1.54) is 24.0 Å². The van der Waals surface area contributed by atoms with Gasteiger partial charge in [0.2, 0.25) is 5.91 Å². The first-order chi connectivity index (χ1) is 9.11. The standard InChI is InChI=1S/C16H20N2O/c1-11(2)15(10-17)16(19)18-14-8-7-12-5-3-4-6-13(12)9-14/h7-9,11,15H,3-6H2,1-2H3,(H,18,19). The van der Waals surface area contributed by atoms with Gasteiger partial charge in [-0.15, -0.1) is 0 Å². The van der Waals surface area contributed by atoms with Crippen LogP contribution in [0.1, 0.15) is 37.8 Å². The SMILES string of the molecule is CC(C)C(C#N)C(=O)Nc1ccc2c(c1)CCCC2. The summed E-state index contributed by atoms with van der Waals surface area (Å²) in [4.78, 5) is 12.0. The molecule has 1 aromatic rings. The fourth-order valence-corrected chi connectivity index (χ4v) is 2.54. The first-order valence-electron chi connectivity index (χ1n) is 6.94. The summed E-state index contributed by atoms with van der Waals surface area (Å²) in [7, 11) is 0. The number of fused-ring (bicyclic) bond motifs is 1. The molecular weight excluding hydrogens is 236 g/mol. The summed E-state index contributed by atoms with van der Waals surface area (Å²) in [6, 6.07) is 8.17. The Morgan fingerprint density at radius 3 is 2.58 bits per heavy atom. The summed E-state index contributed by atoms with van der Waals surface area (Å²) in [6.07, 6.45) is 4.70. The van der Waals surface area contributed by atoms with Crippen LogP contribution in [0.3, 0.4) is 0 Å². The van der Waals surface area contributed by atoms with Gasteiger partial charge in [-0.2, -0.15) is 5.26 Å². The van der Waals surface area contributed by atoms with Gasteiger partial charge in [0.1, 0.15) is 5.92 Å². The number of carbonyl (C=O) groups is 1. The van der Waals surface area contributed by atoms with Gasteiger partial charge in [-0.25, -0.2) is 0 Å². The Kier molecular flexibility index (Phi) is 4.21. The Morgan fingerprint density at radius 2 is 1.95 bits per heavy atom. The summed E-state index contributed by atoms with van der Waals surface area (Å²) in [5.41, 5.74) is 3.54. The highest BCUT2D eigenvalue weighted by Crippen LogP contribution is 2.24. The van der Waals surface area contributed by atoms with Crippen LogP contribution in [0, 0.1) is 23.2 Å². The number of nitrogens with one attached hydrogen (secondary N) is 1. The lowest BCUT2D eigenvalue weighted by molar-refractivity contribution is -0.119. The van der Waals surface area contributed by atoms with Crippen molar-refractivity contribution in [1.82, 2.24) is 0 Å². The van der Waals surface area contributed by atoms with E-state index in [1.54, 1.807) is 0 Å². The number of rotatable bonds is 3. The van der Waals surface area contributed by atoms with E-state index in [0.717, 1.165) is 18.5 Å². The van der Waals surface area contributed by atoms with Crippen LogP contribution in [0.15, 0.2) is 18.2 Å². The lowest BCUT2D eigenvalue weighted by Gasteiger charge is -2.18. The predicted octanol–water partition coefficient (Wildman–Crippen LogP) is 3.30. The highest BCUT2D eigenvalue weighted by atomic mass is 16.1. The highest BCUT2D eigenvalue weighted by molar-refractivity contribution is 5.94. The zero-order valence-electron chi connectivity index (χ0n) is 11.6. The number of anilines is 1. The number of nitriles is 1. The van der Waals surface area contributed by atoms with Crippen molar-refractivity contribution in [1.29, 1.82) is 5.26 Å². The Bertz CT molecular complexity index is 514. The van der Waals surface area contributed by atoms with Crippen molar-refractivity contribution in [2.24, 2.45) is 11.8 Å². The van der Waals surface area contributed by atoms with E-state index in [9.17, 15) is 4.79 Å². The lowest BCUT2D eigenvalue weighted by atomic mass is 9.91. The maximum atomic E-state index is 12.0. The van der Waals surface area contributed by atoms with Crippen LogP contribution in [0.2, 0.25) is 0 Å². The second-order valence-electron chi connectivity index (χ2n) is 5.53. The predicted molar refractivity (Wildman–Crippen MR) is 75.7 cm³/mol. The molecule has 100 valence electrons. The molecule has 0 bridgehead atoms. The summed E-state index contributed by atoms with van der Waals surface area (Å²) >= 11 is 0. The third-order valence-electron chi connectivity index (χ3n) is 3.70. The zero-order chi connectivity index (χ0) is 13.8. The third-order valence-corrected chi connectivity index (χ3v) is 3.70. The molecule has 0 radical (unpaired) electrons. The van der Waals surface area contributed by atoms with Crippen LogP contribution >= 0.6 is 0 Å². The average Bonchev–Trinajstić information content (AvgIpc) is 2.39. The van der Waals surface area contributed by atoms with Crippen molar-refractivity contribution >= 4 is 11.6 Å². The van der Waals surface area contributed by atoms with E-state index in [4.69, 9.17) is 5.26 Å². The Labute approximate surface area is 114 Å². The van der Waals surface area contributed by atoms with E-state index in [1.807, 2.05) is 19.9 Å². The van der Waals surface area contributed by atoms with Crippen LogP contribution in [-0.2, 0) is 17.6 Å². The average molecular weight is 256 g/mol. The maximum Gasteiger partial charge on any atom is 0.241 e. The van der Waals surface area contributed by atoms with Crippen molar-refractivity contribution in [3.63, 3.8) is 0 Å². The monoisotopic (exact) mass is 256 g/mol. The van der Waals surface area contributed by atoms with Crippen molar-refractivity contribution in [3.05, 3.63) is 29.3 Å². The quantitative estimate of drug-likeness (QED) is 0.902. The van der Waals surface area contributed by atoms with Gasteiger partial charge in [-0.05, 0) is 54.9 Å². The van der Waals surface area contributed by atoms with Gasteiger partial charge in [-0.1, -0.05) is 19.9 Å². The van der Waals surface area contributed by atoms with Gasteiger partial charge in [-0.3, -0.25) is 4.79 Å². The van der Waals surface area contributed by atoms with Crippen molar-refractivity contribution < 1.29 is 4.79 Å². The molecule has 0 saturated carbocycles. The molecule has 0 fully saturated rings. The van der Waals surface area contributed by atoms with Crippen molar-refractivity contribution in [3.8, 4) is 6.07 Å². The molecule has 1 atom stereocenters. The summed E-state index contributed by atoms with van der Waals surface area (Å²) in [5, 5.41) is 11.9. The second kappa shape index (κ2) is 5.88. The molecular formula is C16H20N2O. The molecule has 1 N–H and O–H groups in total. The van der Waals surface area contributed by atoms with Crippen molar-refractivity contribution in [2.45, 2.75) is 39.5 Å². The number of aryl methyl sites for hydroxylation is 2. The van der Waals surface area contributed by atoms with E-state index in [2.05, 4.69) is 23.5 Å². The minimum absolute atomic E-state index is 0.0302. The molecule has 0 spiro atoms. The fourth-order valence-electron chi connectivity index (χ4n) is 2.54. The van der Waals surface area contributed by atoms with Gasteiger partial charge in [0.05, 0.1) is 6.07 Å². The van der Waals surface area contributed by atoms with Gasteiger partial charge in [0, 0.05) is 5.69 Å². The minimum Gasteiger partial charge on any atom is -0.325 e. The molecule has 1 amide bonds. The van der Waals surface area contributed by atoms with E-state index < -0.39 is 5.92 Å². The van der Waals surface area contributed by atoms with Crippen molar-refractivity contribution in [2.75, 3.05) is 5.32 Å². The van der Waals surface area contributed by atoms with Gasteiger partial charge in [0.25, 0.3) is 0 Å². The Hall–Kier alpha value is -1.82. The van der Waals surface area contributed by atoms with Crippen LogP contribution in [0.4, 0.5) is 5.69 Å². The molecule has 3 heteroatoms. The van der Waals surface area contributed by atoms with Gasteiger partial charge >= 0.3 is 0 Å². The lowest BCUT2D eigenvalue weighted by Crippen LogP contribution is -2.25. The topological polar surface area (TPSA) is 52.9 Å². The molecule has 3 nitrogen and oxygen atoms in total. The smallest absolute Gasteiger partial charge is 0.241 e. The first-order valence-corrected chi connectivity index (χ1v) is 6.94. The second-order valence-corrected chi connectivity index (χ2v) is 5.53. The summed E-state index contributed by atoms with van der Waals surface area (Å²) in [5.74, 6) is -0.757. The molecule has 1 aromatic carbocycles. The van der Waals surface area contributed by atoms with E-state index >= 15 is 0 Å². The molecule has 0 heterocycles. The highest BCUT2D eigenvalue weighted by Gasteiger charge is 2.22. The zero-order valence-corrected chi connectivity index (χ0v) is 11.6. The summed E-state index contributed by atoms with van der Waals surface area (Å²) < 4.78 is 0. The van der Waals surface area contributed by atoms with Crippen LogP contribution in [0.5, 0.6) is 0 Å². The molecule has 0 saturated heterocycles. The Balaban J connectivity index is 2.11. The fraction of sp³-hybridized carbons (Fsp3) is 0.500. The molecule has 1 unspecified atom stereocenters. The van der Waals surface area contributed by atoms with E-state index in [-0.39, 0.29) is 11.8 Å². The Morgan fingerprint density at radius 1 is 1.26 bits per heavy atom. The number of hydrogen-bond donors (Lipinski definition) is 1. The number of nitrogens with zero attached hydrogens (tertiary/aromatic N) is 1. The normalized spacial score (nSPS) is 15.5. The van der Waals surface area contributed by atoms with E-state index in [0.29, 0.717) is 0 Å². The first kappa shape index (κ1) is 13.6. The molecule has 19 heavy (non-hydrogen) atoms. The number of benzene rings is 1. The van der Waals surface area contributed by atoms with Crippen LogP contribution in [0.25, 0.3) is 0 Å². The van der Waals surface area contributed by atoms with Crippen LogP contribution < -0.4 is 5.32 Å². The number of amides is 1. The molecule has 0 aliphatic heterocycles. The molecule has 0 aromatic heterocycles. The minimum atomic E-state index is -0.587. The number of carbonyl (C=O) groups excluding carboxylic acids is 1. The van der Waals surface area contributed by atoms with Crippen LogP contribution in [-0.4, -0.2) is 5.91 Å². The molecule has 1 aliphatic carbocycles. The van der Waals surface area contributed by atoms with Gasteiger partial charge < -0.3 is 5.32 Å². The van der Waals surface area contributed by atoms with Gasteiger partial charge in [0.15, 0.2) is 0 Å². The largest absolute Gasteiger partial charge is 0.325 e. The number of hydrogen-bond acceptors (Lipinski definition) is 2. The molecule has 2 rings (SSSR count).